The number of ether oxygens (including phenoxy) is 1. The molecule has 27 heavy (non-hydrogen) atoms. The summed E-state index contributed by atoms with van der Waals surface area (Å²) in [6.07, 6.45) is 1.79. The second kappa shape index (κ2) is 7.54. The average molecular weight is 382 g/mol. The largest absolute Gasteiger partial charge is 0.376 e. The smallest absolute Gasteiger partial charge is 0.262 e. The monoisotopic (exact) mass is 382 g/mol. The molecular formula is C20H18N2O4S. The van der Waals surface area contributed by atoms with Gasteiger partial charge in [-0.15, -0.1) is 11.3 Å². The van der Waals surface area contributed by atoms with E-state index in [0.717, 1.165) is 12.8 Å². The quantitative estimate of drug-likeness (QED) is 0.881. The molecule has 4 rings (SSSR count). The third kappa shape index (κ3) is 3.48. The zero-order chi connectivity index (χ0) is 18.8. The predicted molar refractivity (Wildman–Crippen MR) is 102 cm³/mol. The van der Waals surface area contributed by atoms with Gasteiger partial charge in [0.05, 0.1) is 17.5 Å². The molecule has 1 unspecified atom stereocenters. The van der Waals surface area contributed by atoms with Gasteiger partial charge in [0, 0.05) is 17.7 Å². The van der Waals surface area contributed by atoms with Crippen LogP contribution in [0, 0.1) is 0 Å². The highest BCUT2D eigenvalue weighted by Crippen LogP contribution is 2.22. The lowest BCUT2D eigenvalue weighted by Gasteiger charge is -2.25. The summed E-state index contributed by atoms with van der Waals surface area (Å²) < 4.78 is 5.56. The highest BCUT2D eigenvalue weighted by Gasteiger charge is 2.39. The maximum Gasteiger partial charge on any atom is 0.262 e. The van der Waals surface area contributed by atoms with Gasteiger partial charge in [-0.1, -0.05) is 30.3 Å². The van der Waals surface area contributed by atoms with E-state index in [1.54, 1.807) is 41.8 Å². The van der Waals surface area contributed by atoms with Crippen LogP contribution in [0.5, 0.6) is 0 Å². The van der Waals surface area contributed by atoms with Crippen molar-refractivity contribution in [2.45, 2.75) is 25.0 Å². The van der Waals surface area contributed by atoms with Crippen LogP contribution in [-0.2, 0) is 4.74 Å². The van der Waals surface area contributed by atoms with E-state index in [0.29, 0.717) is 29.2 Å². The number of hydrogen-bond acceptors (Lipinski definition) is 6. The van der Waals surface area contributed by atoms with E-state index in [-0.39, 0.29) is 29.3 Å². The maximum atomic E-state index is 13.0. The Hall–Kier alpha value is -2.64. The Balaban J connectivity index is 1.67. The zero-order valence-electron chi connectivity index (χ0n) is 14.5. The Morgan fingerprint density at radius 1 is 1.19 bits per heavy atom. The van der Waals surface area contributed by atoms with Crippen molar-refractivity contribution in [2.24, 2.45) is 4.99 Å². The molecule has 0 radical (unpaired) electrons. The van der Waals surface area contributed by atoms with Gasteiger partial charge >= 0.3 is 0 Å². The summed E-state index contributed by atoms with van der Waals surface area (Å²) in [7, 11) is 0. The number of ketones is 2. The number of hydrogen-bond donors (Lipinski definition) is 1. The summed E-state index contributed by atoms with van der Waals surface area (Å²) in [5.41, 5.74) is 0.726. The van der Waals surface area contributed by atoms with E-state index in [4.69, 9.17) is 4.74 Å². The molecule has 2 heterocycles. The van der Waals surface area contributed by atoms with Crippen LogP contribution in [-0.4, -0.2) is 48.5 Å². The highest BCUT2D eigenvalue weighted by molar-refractivity contribution is 7.12. The van der Waals surface area contributed by atoms with Gasteiger partial charge in [0.2, 0.25) is 5.78 Å². The molecule has 2 aromatic rings. The van der Waals surface area contributed by atoms with E-state index in [2.05, 4.69) is 10.3 Å². The molecule has 0 bridgehead atoms. The third-order valence-corrected chi connectivity index (χ3v) is 5.58. The molecule has 1 aliphatic carbocycles. The van der Waals surface area contributed by atoms with Gasteiger partial charge in [-0.05, 0) is 24.3 Å². The van der Waals surface area contributed by atoms with E-state index >= 15 is 0 Å². The van der Waals surface area contributed by atoms with Crippen molar-refractivity contribution in [3.63, 3.8) is 0 Å². The normalized spacial score (nSPS) is 23.5. The Morgan fingerprint density at radius 2 is 2.00 bits per heavy atom. The van der Waals surface area contributed by atoms with Gasteiger partial charge in [0.25, 0.3) is 5.91 Å². The molecule has 2 aliphatic rings. The van der Waals surface area contributed by atoms with Crippen LogP contribution in [0.2, 0.25) is 0 Å². The first-order chi connectivity index (χ1) is 13.1. The molecule has 1 aromatic heterocycles. The van der Waals surface area contributed by atoms with Crippen molar-refractivity contribution in [1.29, 1.82) is 0 Å². The molecular weight excluding hydrogens is 364 g/mol. The predicted octanol–water partition coefficient (Wildman–Crippen LogP) is 2.55. The topological polar surface area (TPSA) is 84.8 Å². The lowest BCUT2D eigenvalue weighted by Crippen LogP contribution is -2.52. The maximum absolute atomic E-state index is 13.0. The summed E-state index contributed by atoms with van der Waals surface area (Å²) in [6.45, 7) is 0.992. The minimum atomic E-state index is -1.08. The minimum Gasteiger partial charge on any atom is -0.376 e. The van der Waals surface area contributed by atoms with Crippen LogP contribution in [0.4, 0.5) is 0 Å². The molecule has 1 aromatic carbocycles. The van der Waals surface area contributed by atoms with Crippen LogP contribution in [0.15, 0.2) is 46.8 Å². The molecule has 1 aliphatic heterocycles. The second-order valence-electron chi connectivity index (χ2n) is 6.48. The molecule has 2 atom stereocenters. The SMILES string of the molecule is O=C(NC1C(=O)c2ccccc2C(=O)C1=NC[C@H]1CCCO1)c1cccs1. The number of nitrogens with zero attached hydrogens (tertiary/aromatic N) is 1. The van der Waals surface area contributed by atoms with Crippen molar-refractivity contribution in [3.8, 4) is 0 Å². The molecule has 7 heteroatoms. The van der Waals surface area contributed by atoms with Crippen molar-refractivity contribution >= 4 is 34.5 Å². The van der Waals surface area contributed by atoms with E-state index in [1.807, 2.05) is 0 Å². The van der Waals surface area contributed by atoms with Gasteiger partial charge in [-0.3, -0.25) is 19.4 Å². The summed E-state index contributed by atoms with van der Waals surface area (Å²) in [5, 5.41) is 4.48. The number of nitrogens with one attached hydrogen (secondary N) is 1. The first-order valence-corrected chi connectivity index (χ1v) is 9.71. The number of thiophene rings is 1. The van der Waals surface area contributed by atoms with Gasteiger partial charge in [0.15, 0.2) is 5.78 Å². The van der Waals surface area contributed by atoms with Crippen LogP contribution in [0.1, 0.15) is 43.2 Å². The number of fused-ring (bicyclic) bond motifs is 1. The van der Waals surface area contributed by atoms with Crippen molar-refractivity contribution < 1.29 is 19.1 Å². The standard InChI is InChI=1S/C20H18N2O4S/c23-18-13-6-1-2-7-14(13)19(24)17(22-20(25)15-8-4-10-27-15)16(18)21-11-12-5-3-9-26-12/h1-2,4,6-8,10,12,17H,3,5,9,11H2,(H,22,25)/t12-,17?/m1/s1. The van der Waals surface area contributed by atoms with Crippen molar-refractivity contribution in [1.82, 2.24) is 5.32 Å². The molecule has 0 saturated carbocycles. The molecule has 0 spiro atoms. The van der Waals surface area contributed by atoms with Gasteiger partial charge in [-0.25, -0.2) is 0 Å². The average Bonchev–Trinajstić information content (AvgIpc) is 3.39. The lowest BCUT2D eigenvalue weighted by atomic mass is 9.84. The first kappa shape index (κ1) is 17.8. The van der Waals surface area contributed by atoms with Crippen LogP contribution in [0.25, 0.3) is 0 Å². The van der Waals surface area contributed by atoms with Crippen LogP contribution < -0.4 is 5.32 Å². The highest BCUT2D eigenvalue weighted by atomic mass is 32.1. The molecule has 1 fully saturated rings. The fraction of sp³-hybridized carbons (Fsp3) is 0.300. The van der Waals surface area contributed by atoms with E-state index in [1.165, 1.54) is 11.3 Å². The van der Waals surface area contributed by atoms with Crippen molar-refractivity contribution in [3.05, 3.63) is 57.8 Å². The third-order valence-electron chi connectivity index (χ3n) is 4.72. The number of rotatable bonds is 4. The zero-order valence-corrected chi connectivity index (χ0v) is 15.3. The summed E-state index contributed by atoms with van der Waals surface area (Å²) in [6, 6.07) is 9.00. The number of aliphatic imine (C=N–C) groups is 1. The number of Topliss-reactive ketones (excluding diaryl/α,β-unsaturated/α-hetero) is 2. The Morgan fingerprint density at radius 3 is 2.70 bits per heavy atom. The van der Waals surface area contributed by atoms with Crippen LogP contribution in [0.3, 0.4) is 0 Å². The number of amides is 1. The summed E-state index contributed by atoms with van der Waals surface area (Å²) in [5.74, 6) is -1.03. The summed E-state index contributed by atoms with van der Waals surface area (Å²) >= 11 is 1.27. The molecule has 1 amide bonds. The van der Waals surface area contributed by atoms with Gasteiger partial charge in [-0.2, -0.15) is 0 Å². The molecule has 6 nitrogen and oxygen atoms in total. The van der Waals surface area contributed by atoms with Crippen LogP contribution >= 0.6 is 11.3 Å². The number of carbonyl (C=O) groups is 3. The fourth-order valence-corrected chi connectivity index (χ4v) is 3.97. The van der Waals surface area contributed by atoms with Gasteiger partial charge < -0.3 is 10.1 Å². The Kier molecular flexibility index (Phi) is 4.96. The van der Waals surface area contributed by atoms with Gasteiger partial charge in [0.1, 0.15) is 11.8 Å². The molecule has 1 saturated heterocycles. The van der Waals surface area contributed by atoms with E-state index < -0.39 is 6.04 Å². The second-order valence-corrected chi connectivity index (χ2v) is 7.43. The number of carbonyl (C=O) groups excluding carboxylic acids is 3. The Labute approximate surface area is 160 Å². The van der Waals surface area contributed by atoms with E-state index in [9.17, 15) is 14.4 Å². The first-order valence-electron chi connectivity index (χ1n) is 8.83. The minimum absolute atomic E-state index is 0.0498. The Bertz CT molecular complexity index is 914. The number of benzene rings is 1. The molecule has 138 valence electrons. The fourth-order valence-electron chi connectivity index (χ4n) is 3.34. The lowest BCUT2D eigenvalue weighted by molar-refractivity contribution is 0.0872. The summed E-state index contributed by atoms with van der Waals surface area (Å²) in [4.78, 5) is 43.4. The molecule has 1 N–H and O–H groups in total. The van der Waals surface area contributed by atoms with Crippen molar-refractivity contribution in [2.75, 3.05) is 13.2 Å².